The second-order valence-corrected chi connectivity index (χ2v) is 5.13. The molecule has 2 rings (SSSR count). The highest BCUT2D eigenvalue weighted by Crippen LogP contribution is 2.19. The molecule has 4 nitrogen and oxygen atoms in total. The number of aliphatic carboxylic acids is 1. The molecule has 104 valence electrons. The summed E-state index contributed by atoms with van der Waals surface area (Å²) in [7, 11) is 1.84. The van der Waals surface area contributed by atoms with E-state index >= 15 is 0 Å². The van der Waals surface area contributed by atoms with Crippen molar-refractivity contribution in [3.8, 4) is 0 Å². The van der Waals surface area contributed by atoms with Crippen molar-refractivity contribution in [3.63, 3.8) is 0 Å². The van der Waals surface area contributed by atoms with E-state index in [4.69, 9.17) is 5.11 Å². The molecule has 1 heterocycles. The summed E-state index contributed by atoms with van der Waals surface area (Å²) in [6, 6.07) is 5.83. The maximum Gasteiger partial charge on any atom is 0.328 e. The minimum Gasteiger partial charge on any atom is -0.478 e. The molecule has 4 heteroatoms. The van der Waals surface area contributed by atoms with Crippen LogP contribution in [0.25, 0.3) is 17.0 Å². The van der Waals surface area contributed by atoms with Gasteiger partial charge in [0.2, 0.25) is 0 Å². The molecule has 1 N–H and O–H groups in total. The van der Waals surface area contributed by atoms with Gasteiger partial charge in [0, 0.05) is 30.3 Å². The Balaban J connectivity index is 2.72. The lowest BCUT2D eigenvalue weighted by Crippen LogP contribution is -2.11. The Labute approximate surface area is 117 Å². The number of hydrogen-bond donors (Lipinski definition) is 1. The van der Waals surface area contributed by atoms with Gasteiger partial charge < -0.3 is 9.67 Å². The van der Waals surface area contributed by atoms with Crippen molar-refractivity contribution in [2.75, 3.05) is 0 Å². The minimum absolute atomic E-state index is 0.141. The van der Waals surface area contributed by atoms with Gasteiger partial charge in [-0.25, -0.2) is 4.79 Å². The van der Waals surface area contributed by atoms with Crippen LogP contribution in [-0.2, 0) is 11.8 Å². The first-order valence-electron chi connectivity index (χ1n) is 6.44. The molecule has 0 saturated carbocycles. The van der Waals surface area contributed by atoms with Crippen molar-refractivity contribution >= 4 is 22.9 Å². The van der Waals surface area contributed by atoms with E-state index in [1.54, 1.807) is 6.20 Å². The number of nitrogens with zero attached hydrogens (tertiary/aromatic N) is 1. The minimum atomic E-state index is -1.07. The van der Waals surface area contributed by atoms with E-state index < -0.39 is 5.97 Å². The number of hydrogen-bond acceptors (Lipinski definition) is 2. The molecule has 0 atom stereocenters. The molecule has 0 aliphatic rings. The smallest absolute Gasteiger partial charge is 0.328 e. The highest BCUT2D eigenvalue weighted by atomic mass is 16.4. The molecule has 20 heavy (non-hydrogen) atoms. The second kappa shape index (κ2) is 5.33. The molecule has 0 radical (unpaired) electrons. The maximum atomic E-state index is 12.4. The summed E-state index contributed by atoms with van der Waals surface area (Å²) in [4.78, 5) is 23.0. The Morgan fingerprint density at radius 1 is 1.35 bits per heavy atom. The summed E-state index contributed by atoms with van der Waals surface area (Å²) >= 11 is 0. The van der Waals surface area contributed by atoms with Gasteiger partial charge in [0.05, 0.1) is 5.52 Å². The van der Waals surface area contributed by atoms with E-state index in [-0.39, 0.29) is 5.43 Å². The Bertz CT molecular complexity index is 754. The van der Waals surface area contributed by atoms with Crippen LogP contribution in [0.2, 0.25) is 0 Å². The number of pyridine rings is 1. The summed E-state index contributed by atoms with van der Waals surface area (Å²) in [6.45, 7) is 4.14. The predicted octanol–water partition coefficient (Wildman–Crippen LogP) is 2.76. The van der Waals surface area contributed by atoms with E-state index in [1.165, 1.54) is 6.08 Å². The summed E-state index contributed by atoms with van der Waals surface area (Å²) in [6.07, 6.45) is 3.97. The van der Waals surface area contributed by atoms with E-state index in [2.05, 4.69) is 13.8 Å². The summed E-state index contributed by atoms with van der Waals surface area (Å²) < 4.78 is 1.84. The SMILES string of the molecule is CC(C)c1ccc2c(c1)c(=O)c(C=CC(=O)O)cn2C. The highest BCUT2D eigenvalue weighted by molar-refractivity contribution is 5.87. The number of aryl methyl sites for hydroxylation is 1. The molecule has 2 aromatic rings. The van der Waals surface area contributed by atoms with E-state index in [9.17, 15) is 9.59 Å². The Hall–Kier alpha value is -2.36. The van der Waals surface area contributed by atoms with Crippen LogP contribution in [0.3, 0.4) is 0 Å². The van der Waals surface area contributed by atoms with Crippen LogP contribution in [0.4, 0.5) is 0 Å². The van der Waals surface area contributed by atoms with Gasteiger partial charge in [0.1, 0.15) is 0 Å². The molecule has 1 aromatic carbocycles. The monoisotopic (exact) mass is 271 g/mol. The Kier molecular flexibility index (Phi) is 3.74. The Morgan fingerprint density at radius 2 is 2.05 bits per heavy atom. The number of fused-ring (bicyclic) bond motifs is 1. The van der Waals surface area contributed by atoms with Gasteiger partial charge in [0.25, 0.3) is 0 Å². The zero-order valence-corrected chi connectivity index (χ0v) is 11.8. The van der Waals surface area contributed by atoms with Crippen LogP contribution < -0.4 is 5.43 Å². The molecule has 0 spiro atoms. The molecule has 0 bridgehead atoms. The van der Waals surface area contributed by atoms with Crippen LogP contribution >= 0.6 is 0 Å². The van der Waals surface area contributed by atoms with Crippen LogP contribution in [0, 0.1) is 0 Å². The van der Waals surface area contributed by atoms with Crippen molar-refractivity contribution < 1.29 is 9.90 Å². The largest absolute Gasteiger partial charge is 0.478 e. The van der Waals surface area contributed by atoms with E-state index in [0.717, 1.165) is 17.2 Å². The van der Waals surface area contributed by atoms with Crippen LogP contribution in [0.1, 0.15) is 30.9 Å². The van der Waals surface area contributed by atoms with Gasteiger partial charge in [-0.05, 0) is 29.7 Å². The van der Waals surface area contributed by atoms with Crippen molar-refractivity contribution in [1.82, 2.24) is 4.57 Å². The topological polar surface area (TPSA) is 59.3 Å². The molecular weight excluding hydrogens is 254 g/mol. The molecule has 0 saturated heterocycles. The standard InChI is InChI=1S/C16H17NO3/c1-10(2)11-4-6-14-13(8-11)16(20)12(9-17(14)3)5-7-15(18)19/h4-10H,1-3H3,(H,18,19). The van der Waals surface area contributed by atoms with Gasteiger partial charge in [-0.15, -0.1) is 0 Å². The summed E-state index contributed by atoms with van der Waals surface area (Å²) in [5, 5.41) is 9.29. The summed E-state index contributed by atoms with van der Waals surface area (Å²) in [5.41, 5.74) is 2.17. The average molecular weight is 271 g/mol. The zero-order valence-electron chi connectivity index (χ0n) is 11.8. The molecule has 0 amide bonds. The number of carboxylic acid groups (broad SMARTS) is 1. The van der Waals surface area contributed by atoms with Crippen molar-refractivity contribution in [3.05, 3.63) is 51.8 Å². The fraction of sp³-hybridized carbons (Fsp3) is 0.250. The van der Waals surface area contributed by atoms with Crippen LogP contribution in [0.5, 0.6) is 0 Å². The average Bonchev–Trinajstić information content (AvgIpc) is 2.40. The third-order valence-electron chi connectivity index (χ3n) is 3.31. The molecule has 0 fully saturated rings. The first-order chi connectivity index (χ1) is 9.40. The number of carboxylic acids is 1. The fourth-order valence-corrected chi connectivity index (χ4v) is 2.17. The van der Waals surface area contributed by atoms with Gasteiger partial charge in [-0.2, -0.15) is 0 Å². The zero-order chi connectivity index (χ0) is 14.9. The number of benzene rings is 1. The van der Waals surface area contributed by atoms with Crippen molar-refractivity contribution in [1.29, 1.82) is 0 Å². The van der Waals surface area contributed by atoms with Crippen molar-refractivity contribution in [2.24, 2.45) is 7.05 Å². The van der Waals surface area contributed by atoms with Crippen molar-refractivity contribution in [2.45, 2.75) is 19.8 Å². The van der Waals surface area contributed by atoms with Gasteiger partial charge in [-0.3, -0.25) is 4.79 Å². The lowest BCUT2D eigenvalue weighted by atomic mass is 10.00. The number of rotatable bonds is 3. The lowest BCUT2D eigenvalue weighted by molar-refractivity contribution is -0.131. The van der Waals surface area contributed by atoms with Gasteiger partial charge in [-0.1, -0.05) is 19.9 Å². The van der Waals surface area contributed by atoms with Gasteiger partial charge >= 0.3 is 5.97 Å². The lowest BCUT2D eigenvalue weighted by Gasteiger charge is -2.10. The van der Waals surface area contributed by atoms with E-state index in [0.29, 0.717) is 16.9 Å². The third kappa shape index (κ3) is 2.64. The molecule has 1 aromatic heterocycles. The van der Waals surface area contributed by atoms with Gasteiger partial charge in [0.15, 0.2) is 5.43 Å². The van der Waals surface area contributed by atoms with E-state index in [1.807, 2.05) is 29.8 Å². The van der Waals surface area contributed by atoms with Crippen LogP contribution in [-0.4, -0.2) is 15.6 Å². The number of carbonyl (C=O) groups is 1. The third-order valence-corrected chi connectivity index (χ3v) is 3.31. The number of aromatic nitrogens is 1. The second-order valence-electron chi connectivity index (χ2n) is 5.13. The molecule has 0 unspecified atom stereocenters. The summed E-state index contributed by atoms with van der Waals surface area (Å²) in [5.74, 6) is -0.731. The normalized spacial score (nSPS) is 11.6. The molecule has 0 aliphatic heterocycles. The molecular formula is C16H17NO3. The highest BCUT2D eigenvalue weighted by Gasteiger charge is 2.08. The fourth-order valence-electron chi connectivity index (χ4n) is 2.17. The van der Waals surface area contributed by atoms with Crippen LogP contribution in [0.15, 0.2) is 35.3 Å². The first kappa shape index (κ1) is 14.1. The maximum absolute atomic E-state index is 12.4. The Morgan fingerprint density at radius 3 is 2.65 bits per heavy atom. The quantitative estimate of drug-likeness (QED) is 0.873. The molecule has 0 aliphatic carbocycles. The first-order valence-corrected chi connectivity index (χ1v) is 6.44. The predicted molar refractivity (Wildman–Crippen MR) is 79.9 cm³/mol.